The van der Waals surface area contributed by atoms with Gasteiger partial charge in [-0.3, -0.25) is 4.68 Å². The molecule has 1 aliphatic rings. The molecule has 0 aromatic carbocycles. The minimum atomic E-state index is 0.142. The monoisotopic (exact) mass is 235 g/mol. The molecule has 1 unspecified atom stereocenters. The molecule has 17 heavy (non-hydrogen) atoms. The first kappa shape index (κ1) is 12.2. The molecule has 0 amide bonds. The van der Waals surface area contributed by atoms with Gasteiger partial charge < -0.3 is 10.1 Å². The Morgan fingerprint density at radius 2 is 2.35 bits per heavy atom. The lowest BCUT2D eigenvalue weighted by molar-refractivity contribution is 0.213. The summed E-state index contributed by atoms with van der Waals surface area (Å²) >= 11 is 0. The second-order valence-corrected chi connectivity index (χ2v) is 4.26. The number of nitrogens with one attached hydrogen (secondary N) is 1. The summed E-state index contributed by atoms with van der Waals surface area (Å²) in [6.07, 6.45) is 3.19. The maximum absolute atomic E-state index is 5.69. The molecular weight excluding hydrogens is 214 g/mol. The number of aromatic nitrogens is 2. The number of aryl methyl sites for hydroxylation is 2. The Kier molecular flexibility index (Phi) is 3.84. The molecule has 94 valence electrons. The van der Waals surface area contributed by atoms with Crippen molar-refractivity contribution in [2.45, 2.75) is 39.8 Å². The van der Waals surface area contributed by atoms with Crippen LogP contribution in [0.5, 0.6) is 0 Å². The van der Waals surface area contributed by atoms with Crippen molar-refractivity contribution in [2.24, 2.45) is 0 Å². The molecule has 1 N–H and O–H groups in total. The van der Waals surface area contributed by atoms with E-state index < -0.39 is 0 Å². The van der Waals surface area contributed by atoms with Gasteiger partial charge in [-0.15, -0.1) is 0 Å². The third-order valence-electron chi connectivity index (χ3n) is 2.95. The zero-order valence-electron chi connectivity index (χ0n) is 10.9. The van der Waals surface area contributed by atoms with Gasteiger partial charge in [0.2, 0.25) is 0 Å². The molecule has 0 radical (unpaired) electrons. The van der Waals surface area contributed by atoms with Crippen molar-refractivity contribution in [3.8, 4) is 0 Å². The lowest BCUT2D eigenvalue weighted by Crippen LogP contribution is -2.25. The smallest absolute Gasteiger partial charge is 0.115 e. The maximum Gasteiger partial charge on any atom is 0.115 e. The van der Waals surface area contributed by atoms with Crippen LogP contribution in [0.4, 0.5) is 0 Å². The molecule has 0 bridgehead atoms. The van der Waals surface area contributed by atoms with E-state index in [2.05, 4.69) is 36.4 Å². The Balaban J connectivity index is 2.30. The van der Waals surface area contributed by atoms with Crippen LogP contribution in [-0.2, 0) is 11.3 Å². The predicted octanol–water partition coefficient (Wildman–Crippen LogP) is 2.17. The highest BCUT2D eigenvalue weighted by Gasteiger charge is 2.23. The fraction of sp³-hybridized carbons (Fsp3) is 0.615. The molecule has 1 atom stereocenters. The van der Waals surface area contributed by atoms with Crippen LogP contribution in [0.2, 0.25) is 0 Å². The molecule has 1 aliphatic heterocycles. The third kappa shape index (κ3) is 2.52. The highest BCUT2D eigenvalue weighted by atomic mass is 16.5. The molecule has 4 heteroatoms. The molecule has 1 aromatic heterocycles. The lowest BCUT2D eigenvalue weighted by atomic mass is 10.1. The predicted molar refractivity (Wildman–Crippen MR) is 67.7 cm³/mol. The van der Waals surface area contributed by atoms with E-state index in [4.69, 9.17) is 4.74 Å². The van der Waals surface area contributed by atoms with E-state index in [1.807, 2.05) is 11.6 Å². The first-order chi connectivity index (χ1) is 8.26. The van der Waals surface area contributed by atoms with Gasteiger partial charge in [0.25, 0.3) is 0 Å². The van der Waals surface area contributed by atoms with Crippen molar-refractivity contribution in [3.05, 3.63) is 29.3 Å². The van der Waals surface area contributed by atoms with E-state index in [0.29, 0.717) is 0 Å². The molecule has 0 saturated heterocycles. The molecule has 0 fully saturated rings. The first-order valence-corrected chi connectivity index (χ1v) is 6.36. The van der Waals surface area contributed by atoms with Gasteiger partial charge in [0, 0.05) is 13.0 Å². The van der Waals surface area contributed by atoms with Gasteiger partial charge in [-0.05, 0) is 32.5 Å². The lowest BCUT2D eigenvalue weighted by Gasteiger charge is -2.20. The van der Waals surface area contributed by atoms with Crippen LogP contribution in [0, 0.1) is 6.92 Å². The van der Waals surface area contributed by atoms with Crippen molar-refractivity contribution < 1.29 is 4.74 Å². The van der Waals surface area contributed by atoms with Crippen molar-refractivity contribution in [1.29, 1.82) is 0 Å². The Labute approximate surface area is 103 Å². The summed E-state index contributed by atoms with van der Waals surface area (Å²) in [5, 5.41) is 7.97. The summed E-state index contributed by atoms with van der Waals surface area (Å²) in [5.41, 5.74) is 2.25. The number of ether oxygens (including phenoxy) is 1. The van der Waals surface area contributed by atoms with Crippen molar-refractivity contribution in [3.63, 3.8) is 0 Å². The van der Waals surface area contributed by atoms with E-state index in [0.717, 1.165) is 37.6 Å². The molecule has 0 aliphatic carbocycles. The average molecular weight is 235 g/mol. The highest BCUT2D eigenvalue weighted by molar-refractivity contribution is 5.22. The Morgan fingerprint density at radius 1 is 1.53 bits per heavy atom. The normalized spacial score (nSPS) is 16.8. The van der Waals surface area contributed by atoms with Crippen LogP contribution in [0.3, 0.4) is 0 Å². The highest BCUT2D eigenvalue weighted by Crippen LogP contribution is 2.27. The summed E-state index contributed by atoms with van der Waals surface area (Å²) in [6.45, 7) is 8.86. The molecular formula is C13H21N3O. The van der Waals surface area contributed by atoms with Gasteiger partial charge in [0.05, 0.1) is 18.0 Å². The minimum Gasteiger partial charge on any atom is -0.496 e. The van der Waals surface area contributed by atoms with E-state index in [-0.39, 0.29) is 6.04 Å². The summed E-state index contributed by atoms with van der Waals surface area (Å²) < 4.78 is 7.74. The topological polar surface area (TPSA) is 39.1 Å². The number of hydrogen-bond donors (Lipinski definition) is 1. The molecule has 2 heterocycles. The SMILES string of the molecule is CCNC(C1=CCCO1)c1cc(C)nn1CC. The molecule has 2 rings (SSSR count). The van der Waals surface area contributed by atoms with E-state index in [1.54, 1.807) is 0 Å². The second kappa shape index (κ2) is 5.36. The number of nitrogens with zero attached hydrogens (tertiary/aromatic N) is 2. The van der Waals surface area contributed by atoms with Crippen molar-refractivity contribution in [1.82, 2.24) is 15.1 Å². The van der Waals surface area contributed by atoms with Crippen LogP contribution in [0.15, 0.2) is 17.9 Å². The van der Waals surface area contributed by atoms with E-state index >= 15 is 0 Å². The summed E-state index contributed by atoms with van der Waals surface area (Å²) in [6, 6.07) is 2.28. The van der Waals surface area contributed by atoms with Crippen molar-refractivity contribution in [2.75, 3.05) is 13.2 Å². The largest absolute Gasteiger partial charge is 0.496 e. The van der Waals surface area contributed by atoms with E-state index in [1.165, 1.54) is 5.69 Å². The average Bonchev–Trinajstić information content (AvgIpc) is 2.94. The standard InChI is InChI=1S/C13H21N3O/c1-4-14-13(12-7-6-8-17-12)11-9-10(3)15-16(11)5-2/h7,9,13-14H,4-6,8H2,1-3H3. The van der Waals surface area contributed by atoms with Crippen LogP contribution in [0.1, 0.15) is 37.7 Å². The summed E-state index contributed by atoms with van der Waals surface area (Å²) in [5.74, 6) is 1.04. The van der Waals surface area contributed by atoms with Crippen LogP contribution >= 0.6 is 0 Å². The number of likely N-dealkylation sites (N-methyl/N-ethyl adjacent to an activating group) is 1. The van der Waals surface area contributed by atoms with Gasteiger partial charge in [-0.1, -0.05) is 6.92 Å². The fourth-order valence-electron chi connectivity index (χ4n) is 2.24. The second-order valence-electron chi connectivity index (χ2n) is 4.26. The molecule has 4 nitrogen and oxygen atoms in total. The molecule has 0 spiro atoms. The van der Waals surface area contributed by atoms with Gasteiger partial charge >= 0.3 is 0 Å². The maximum atomic E-state index is 5.69. The quantitative estimate of drug-likeness (QED) is 0.850. The summed E-state index contributed by atoms with van der Waals surface area (Å²) in [7, 11) is 0. The van der Waals surface area contributed by atoms with Gasteiger partial charge in [0.1, 0.15) is 11.8 Å². The zero-order chi connectivity index (χ0) is 12.3. The number of hydrogen-bond acceptors (Lipinski definition) is 3. The van der Waals surface area contributed by atoms with Crippen LogP contribution in [-0.4, -0.2) is 22.9 Å². The zero-order valence-corrected chi connectivity index (χ0v) is 10.9. The first-order valence-electron chi connectivity index (χ1n) is 6.36. The Hall–Kier alpha value is -1.29. The third-order valence-corrected chi connectivity index (χ3v) is 2.95. The molecule has 1 aromatic rings. The number of rotatable bonds is 5. The fourth-order valence-corrected chi connectivity index (χ4v) is 2.24. The Bertz CT molecular complexity index is 409. The Morgan fingerprint density at radius 3 is 2.94 bits per heavy atom. The van der Waals surface area contributed by atoms with Gasteiger partial charge in [0.15, 0.2) is 0 Å². The molecule has 0 saturated carbocycles. The van der Waals surface area contributed by atoms with Gasteiger partial charge in [-0.2, -0.15) is 5.10 Å². The minimum absolute atomic E-state index is 0.142. The summed E-state index contributed by atoms with van der Waals surface area (Å²) in [4.78, 5) is 0. The van der Waals surface area contributed by atoms with Crippen molar-refractivity contribution >= 4 is 0 Å². The van der Waals surface area contributed by atoms with Crippen LogP contribution < -0.4 is 5.32 Å². The van der Waals surface area contributed by atoms with Crippen LogP contribution in [0.25, 0.3) is 0 Å². The van der Waals surface area contributed by atoms with Gasteiger partial charge in [-0.25, -0.2) is 0 Å². The van der Waals surface area contributed by atoms with E-state index in [9.17, 15) is 0 Å².